The fourth-order valence-electron chi connectivity index (χ4n) is 3.65. The van der Waals surface area contributed by atoms with Crippen LogP contribution in [0.25, 0.3) is 0 Å². The molecule has 2 aromatic rings. The number of carbonyl (C=O) groups excluding carboxylic acids is 1. The highest BCUT2D eigenvalue weighted by molar-refractivity contribution is 5.89. The molecule has 0 spiro atoms. The molecule has 0 atom stereocenters. The number of aryl methyl sites for hydroxylation is 1. The summed E-state index contributed by atoms with van der Waals surface area (Å²) in [6, 6.07) is 7.94. The van der Waals surface area contributed by atoms with Crippen molar-refractivity contribution < 1.29 is 9.18 Å². The molecule has 28 heavy (non-hydrogen) atoms. The molecule has 0 saturated carbocycles. The molecule has 1 aromatic carbocycles. The summed E-state index contributed by atoms with van der Waals surface area (Å²) in [5.41, 5.74) is 1.15. The number of amides is 2. The van der Waals surface area contributed by atoms with Crippen molar-refractivity contribution in [3.8, 4) is 0 Å². The van der Waals surface area contributed by atoms with E-state index in [2.05, 4.69) is 20.1 Å². The molecule has 2 fully saturated rings. The fraction of sp³-hybridized carbons (Fsp3) is 0.450. The van der Waals surface area contributed by atoms with Gasteiger partial charge in [-0.3, -0.25) is 0 Å². The number of piperazine rings is 1. The lowest BCUT2D eigenvalue weighted by atomic mass is 10.3. The van der Waals surface area contributed by atoms with Crippen LogP contribution in [0.1, 0.15) is 18.5 Å². The molecule has 0 radical (unpaired) electrons. The Morgan fingerprint density at radius 3 is 2.43 bits per heavy atom. The molecular formula is C20H25FN6O. The maximum Gasteiger partial charge on any atom is 0.322 e. The lowest BCUT2D eigenvalue weighted by Crippen LogP contribution is -2.50. The number of benzene rings is 1. The molecule has 8 heteroatoms. The van der Waals surface area contributed by atoms with Crippen LogP contribution in [0.15, 0.2) is 30.3 Å². The number of rotatable bonds is 3. The van der Waals surface area contributed by atoms with Crippen LogP contribution in [0.3, 0.4) is 0 Å². The van der Waals surface area contributed by atoms with Gasteiger partial charge in [0.2, 0.25) is 5.95 Å². The monoisotopic (exact) mass is 384 g/mol. The zero-order valence-corrected chi connectivity index (χ0v) is 16.1. The van der Waals surface area contributed by atoms with Gasteiger partial charge < -0.3 is 20.0 Å². The molecule has 4 rings (SSSR count). The maximum atomic E-state index is 13.7. The third-order valence-corrected chi connectivity index (χ3v) is 5.22. The van der Waals surface area contributed by atoms with Gasteiger partial charge in [-0.15, -0.1) is 0 Å². The topological polar surface area (TPSA) is 64.6 Å². The summed E-state index contributed by atoms with van der Waals surface area (Å²) >= 11 is 0. The van der Waals surface area contributed by atoms with E-state index in [9.17, 15) is 9.18 Å². The van der Waals surface area contributed by atoms with Gasteiger partial charge in [-0.1, -0.05) is 12.1 Å². The van der Waals surface area contributed by atoms with Crippen LogP contribution in [0.4, 0.5) is 26.6 Å². The van der Waals surface area contributed by atoms with E-state index in [1.165, 1.54) is 18.9 Å². The Balaban J connectivity index is 1.39. The van der Waals surface area contributed by atoms with Crippen LogP contribution < -0.4 is 15.1 Å². The van der Waals surface area contributed by atoms with Gasteiger partial charge in [0.25, 0.3) is 0 Å². The Hall–Kier alpha value is -2.90. The minimum absolute atomic E-state index is 0.201. The van der Waals surface area contributed by atoms with Crippen molar-refractivity contribution in [2.24, 2.45) is 0 Å². The molecule has 0 unspecified atom stereocenters. The number of para-hydroxylation sites is 1. The summed E-state index contributed by atoms with van der Waals surface area (Å²) < 4.78 is 13.7. The van der Waals surface area contributed by atoms with E-state index in [1.807, 2.05) is 13.0 Å². The van der Waals surface area contributed by atoms with Crippen LogP contribution >= 0.6 is 0 Å². The van der Waals surface area contributed by atoms with Crippen LogP contribution in [0, 0.1) is 12.7 Å². The third kappa shape index (κ3) is 4.00. The molecule has 0 bridgehead atoms. The van der Waals surface area contributed by atoms with E-state index in [1.54, 1.807) is 23.1 Å². The summed E-state index contributed by atoms with van der Waals surface area (Å²) in [5.74, 6) is 1.27. The van der Waals surface area contributed by atoms with Crippen molar-refractivity contribution in [1.29, 1.82) is 0 Å². The molecule has 2 saturated heterocycles. The smallest absolute Gasteiger partial charge is 0.322 e. The number of hydrogen-bond acceptors (Lipinski definition) is 5. The first-order valence-corrected chi connectivity index (χ1v) is 9.76. The first-order valence-electron chi connectivity index (χ1n) is 9.76. The van der Waals surface area contributed by atoms with Crippen molar-refractivity contribution in [1.82, 2.24) is 14.9 Å². The maximum absolute atomic E-state index is 13.7. The number of nitrogens with one attached hydrogen (secondary N) is 1. The van der Waals surface area contributed by atoms with Gasteiger partial charge in [0.1, 0.15) is 11.6 Å². The molecule has 2 aliphatic heterocycles. The lowest BCUT2D eigenvalue weighted by molar-refractivity contribution is 0.208. The summed E-state index contributed by atoms with van der Waals surface area (Å²) in [4.78, 5) is 27.9. The molecule has 1 N–H and O–H groups in total. The van der Waals surface area contributed by atoms with E-state index in [-0.39, 0.29) is 11.7 Å². The molecule has 2 aliphatic rings. The predicted octanol–water partition coefficient (Wildman–Crippen LogP) is 2.88. The zero-order valence-electron chi connectivity index (χ0n) is 16.1. The molecule has 3 heterocycles. The second-order valence-electron chi connectivity index (χ2n) is 7.25. The number of carbonyl (C=O) groups is 1. The number of aromatic nitrogens is 2. The third-order valence-electron chi connectivity index (χ3n) is 5.22. The predicted molar refractivity (Wildman–Crippen MR) is 107 cm³/mol. The van der Waals surface area contributed by atoms with E-state index in [4.69, 9.17) is 4.98 Å². The number of nitrogens with zero attached hydrogens (tertiary/aromatic N) is 5. The van der Waals surface area contributed by atoms with E-state index in [0.717, 1.165) is 30.5 Å². The average Bonchev–Trinajstić information content (AvgIpc) is 3.24. The molecule has 1 aromatic heterocycles. The van der Waals surface area contributed by atoms with E-state index < -0.39 is 5.82 Å². The van der Waals surface area contributed by atoms with Gasteiger partial charge in [0.05, 0.1) is 5.69 Å². The van der Waals surface area contributed by atoms with Crippen molar-refractivity contribution in [3.63, 3.8) is 0 Å². The highest BCUT2D eigenvalue weighted by Gasteiger charge is 2.24. The Kier molecular flexibility index (Phi) is 5.27. The van der Waals surface area contributed by atoms with Crippen molar-refractivity contribution in [2.45, 2.75) is 19.8 Å². The Morgan fingerprint density at radius 2 is 1.71 bits per heavy atom. The normalized spacial score (nSPS) is 17.1. The first kappa shape index (κ1) is 18.5. The Morgan fingerprint density at radius 1 is 1.00 bits per heavy atom. The quantitative estimate of drug-likeness (QED) is 0.882. The zero-order chi connectivity index (χ0) is 19.5. The molecule has 0 aliphatic carbocycles. The van der Waals surface area contributed by atoms with Gasteiger partial charge in [-0.2, -0.15) is 4.98 Å². The van der Waals surface area contributed by atoms with Gasteiger partial charge in [-0.25, -0.2) is 14.2 Å². The van der Waals surface area contributed by atoms with Crippen molar-refractivity contribution >= 4 is 23.5 Å². The van der Waals surface area contributed by atoms with Crippen LogP contribution in [-0.2, 0) is 0 Å². The summed E-state index contributed by atoms with van der Waals surface area (Å²) in [6.07, 6.45) is 2.41. The summed E-state index contributed by atoms with van der Waals surface area (Å²) in [5, 5.41) is 2.65. The minimum Gasteiger partial charge on any atom is -0.356 e. The Bertz CT molecular complexity index is 846. The molecule has 148 valence electrons. The second kappa shape index (κ2) is 8.00. The summed E-state index contributed by atoms with van der Waals surface area (Å²) in [6.45, 7) is 6.44. The van der Waals surface area contributed by atoms with E-state index in [0.29, 0.717) is 26.2 Å². The van der Waals surface area contributed by atoms with E-state index >= 15 is 0 Å². The van der Waals surface area contributed by atoms with Crippen LogP contribution in [-0.4, -0.2) is 60.2 Å². The largest absolute Gasteiger partial charge is 0.356 e. The number of hydrogen-bond donors (Lipinski definition) is 1. The first-order chi connectivity index (χ1) is 13.6. The highest BCUT2D eigenvalue weighted by Crippen LogP contribution is 2.22. The molecule has 2 amide bonds. The van der Waals surface area contributed by atoms with Gasteiger partial charge in [0.15, 0.2) is 0 Å². The number of halogens is 1. The van der Waals surface area contributed by atoms with Crippen LogP contribution in [0.2, 0.25) is 0 Å². The number of urea groups is 1. The molecular weight excluding hydrogens is 359 g/mol. The number of anilines is 3. The van der Waals surface area contributed by atoms with Crippen LogP contribution in [0.5, 0.6) is 0 Å². The SMILES string of the molecule is Cc1cc(N2CCCC2)nc(N2CCN(C(=O)Nc3ccccc3F)CC2)n1. The van der Waals surface area contributed by atoms with Crippen molar-refractivity contribution in [3.05, 3.63) is 41.8 Å². The molecule has 7 nitrogen and oxygen atoms in total. The van der Waals surface area contributed by atoms with Gasteiger partial charge >= 0.3 is 6.03 Å². The Labute approximate surface area is 164 Å². The van der Waals surface area contributed by atoms with Gasteiger partial charge in [0, 0.05) is 51.0 Å². The van der Waals surface area contributed by atoms with Crippen molar-refractivity contribution in [2.75, 3.05) is 54.4 Å². The summed E-state index contributed by atoms with van der Waals surface area (Å²) in [7, 11) is 0. The average molecular weight is 384 g/mol. The fourth-order valence-corrected chi connectivity index (χ4v) is 3.65. The lowest BCUT2D eigenvalue weighted by Gasteiger charge is -2.35. The highest BCUT2D eigenvalue weighted by atomic mass is 19.1. The standard InChI is InChI=1S/C20H25FN6O/c1-15-14-18(25-8-4-5-9-25)24-19(22-15)26-10-12-27(13-11-26)20(28)23-17-7-3-2-6-16(17)21/h2-3,6-7,14H,4-5,8-13H2,1H3,(H,23,28). The second-order valence-corrected chi connectivity index (χ2v) is 7.25. The van der Waals surface area contributed by atoms with Gasteiger partial charge in [-0.05, 0) is 31.9 Å². The minimum atomic E-state index is -0.433.